The molecule has 2 N–H and O–H groups in total. The number of methoxy groups -OCH3 is 1. The van der Waals surface area contributed by atoms with Gasteiger partial charge in [-0.1, -0.05) is 0 Å². The van der Waals surface area contributed by atoms with E-state index in [0.29, 0.717) is 0 Å². The first-order valence-electron chi connectivity index (χ1n) is 5.63. The van der Waals surface area contributed by atoms with Crippen LogP contribution in [0.25, 0.3) is 0 Å². The smallest absolute Gasteiger partial charge is 0.0581 e. The van der Waals surface area contributed by atoms with Gasteiger partial charge in [-0.05, 0) is 19.8 Å². The minimum absolute atomic E-state index is 0.154. The molecule has 1 aliphatic heterocycles. The van der Waals surface area contributed by atoms with E-state index >= 15 is 0 Å². The minimum atomic E-state index is 0.154. The van der Waals surface area contributed by atoms with E-state index in [2.05, 4.69) is 5.32 Å². The van der Waals surface area contributed by atoms with Crippen molar-refractivity contribution in [2.24, 2.45) is 5.41 Å². The molecule has 0 amide bonds. The lowest BCUT2D eigenvalue weighted by Gasteiger charge is -2.37. The molecule has 0 spiro atoms. The zero-order valence-electron chi connectivity index (χ0n) is 9.79. The summed E-state index contributed by atoms with van der Waals surface area (Å²) >= 11 is 0. The average Bonchev–Trinajstić information content (AvgIpc) is 2.28. The van der Waals surface area contributed by atoms with Gasteiger partial charge in [0.05, 0.1) is 13.2 Å². The summed E-state index contributed by atoms with van der Waals surface area (Å²) in [5.41, 5.74) is 0.191. The molecule has 0 bridgehead atoms. The van der Waals surface area contributed by atoms with E-state index in [-0.39, 0.29) is 18.1 Å². The van der Waals surface area contributed by atoms with Crippen LogP contribution in [0.3, 0.4) is 0 Å². The maximum atomic E-state index is 8.96. The van der Waals surface area contributed by atoms with Gasteiger partial charge in [0, 0.05) is 38.3 Å². The van der Waals surface area contributed by atoms with Gasteiger partial charge in [-0.15, -0.1) is 0 Å². The van der Waals surface area contributed by atoms with Gasteiger partial charge in [-0.3, -0.25) is 0 Å². The summed E-state index contributed by atoms with van der Waals surface area (Å²) < 4.78 is 10.7. The highest BCUT2D eigenvalue weighted by Gasteiger charge is 2.32. The summed E-state index contributed by atoms with van der Waals surface area (Å²) in [5, 5.41) is 12.3. The van der Waals surface area contributed by atoms with E-state index in [1.165, 1.54) is 0 Å². The second kappa shape index (κ2) is 6.43. The van der Waals surface area contributed by atoms with Crippen molar-refractivity contribution in [3.63, 3.8) is 0 Å². The highest BCUT2D eigenvalue weighted by molar-refractivity contribution is 4.84. The van der Waals surface area contributed by atoms with Crippen LogP contribution in [0.5, 0.6) is 0 Å². The highest BCUT2D eigenvalue weighted by Crippen LogP contribution is 2.30. The van der Waals surface area contributed by atoms with Crippen molar-refractivity contribution in [3.8, 4) is 0 Å². The normalized spacial score (nSPS) is 22.6. The number of aliphatic hydroxyl groups is 1. The Morgan fingerprint density at radius 2 is 2.13 bits per heavy atom. The molecule has 1 atom stereocenters. The van der Waals surface area contributed by atoms with Gasteiger partial charge in [-0.25, -0.2) is 0 Å². The van der Waals surface area contributed by atoms with Crippen molar-refractivity contribution < 1.29 is 14.6 Å². The monoisotopic (exact) mass is 217 g/mol. The molecule has 0 saturated carbocycles. The van der Waals surface area contributed by atoms with E-state index in [1.54, 1.807) is 7.11 Å². The van der Waals surface area contributed by atoms with Gasteiger partial charge in [-0.2, -0.15) is 0 Å². The topological polar surface area (TPSA) is 50.7 Å². The number of aliphatic hydroxyl groups excluding tert-OH is 1. The minimum Gasteiger partial charge on any atom is -0.395 e. The number of ether oxygens (including phenoxy) is 2. The van der Waals surface area contributed by atoms with E-state index in [0.717, 1.165) is 39.2 Å². The van der Waals surface area contributed by atoms with Gasteiger partial charge in [0.2, 0.25) is 0 Å². The van der Waals surface area contributed by atoms with Crippen LogP contribution in [0.15, 0.2) is 0 Å². The number of rotatable bonds is 6. The Bertz CT molecular complexity index is 164. The molecule has 15 heavy (non-hydrogen) atoms. The van der Waals surface area contributed by atoms with E-state index in [4.69, 9.17) is 14.6 Å². The zero-order chi connectivity index (χ0) is 11.1. The predicted octanol–water partition coefficient (Wildman–Crippen LogP) is 0.400. The van der Waals surface area contributed by atoms with Crippen LogP contribution in [0.1, 0.15) is 19.8 Å². The Hall–Kier alpha value is -0.160. The maximum Gasteiger partial charge on any atom is 0.0581 e. The van der Waals surface area contributed by atoms with Crippen LogP contribution < -0.4 is 5.32 Å². The molecule has 1 saturated heterocycles. The Kier molecular flexibility index (Phi) is 5.53. The SMILES string of the molecule is COCC1(CNC(C)CO)CCOCC1. The molecule has 1 fully saturated rings. The van der Waals surface area contributed by atoms with Crippen LogP contribution in [0, 0.1) is 5.41 Å². The van der Waals surface area contributed by atoms with E-state index in [9.17, 15) is 0 Å². The molecule has 1 rings (SSSR count). The third-order valence-corrected chi connectivity index (χ3v) is 3.10. The summed E-state index contributed by atoms with van der Waals surface area (Å²) in [5.74, 6) is 0. The first-order chi connectivity index (χ1) is 7.22. The molecule has 4 nitrogen and oxygen atoms in total. The second-order valence-electron chi connectivity index (χ2n) is 4.51. The van der Waals surface area contributed by atoms with Gasteiger partial charge < -0.3 is 19.9 Å². The lowest BCUT2D eigenvalue weighted by atomic mass is 9.81. The van der Waals surface area contributed by atoms with Gasteiger partial charge in [0.25, 0.3) is 0 Å². The standard InChI is InChI=1S/C11H23NO3/c1-10(7-13)12-8-11(9-14-2)3-5-15-6-4-11/h10,12-13H,3-9H2,1-2H3. The molecular weight excluding hydrogens is 194 g/mol. The molecule has 90 valence electrons. The predicted molar refractivity (Wildman–Crippen MR) is 58.9 cm³/mol. The molecular formula is C11H23NO3. The molecule has 4 heteroatoms. The zero-order valence-corrected chi connectivity index (χ0v) is 9.79. The van der Waals surface area contributed by atoms with Gasteiger partial charge >= 0.3 is 0 Å². The number of hydrogen-bond acceptors (Lipinski definition) is 4. The van der Waals surface area contributed by atoms with Crippen molar-refractivity contribution in [2.45, 2.75) is 25.8 Å². The molecule has 0 aromatic heterocycles. The van der Waals surface area contributed by atoms with E-state index in [1.807, 2.05) is 6.92 Å². The summed E-state index contributed by atoms with van der Waals surface area (Å²) in [6.07, 6.45) is 2.07. The highest BCUT2D eigenvalue weighted by atomic mass is 16.5. The summed E-state index contributed by atoms with van der Waals surface area (Å²) in [6, 6.07) is 0.154. The fraction of sp³-hybridized carbons (Fsp3) is 1.00. The quantitative estimate of drug-likeness (QED) is 0.676. The summed E-state index contributed by atoms with van der Waals surface area (Å²) in [6.45, 7) is 5.46. The Balaban J connectivity index is 2.41. The van der Waals surface area contributed by atoms with Crippen LogP contribution in [0.2, 0.25) is 0 Å². The lowest BCUT2D eigenvalue weighted by molar-refractivity contribution is -0.0284. The molecule has 0 aromatic carbocycles. The first-order valence-corrected chi connectivity index (χ1v) is 5.63. The van der Waals surface area contributed by atoms with E-state index < -0.39 is 0 Å². The molecule has 1 aliphatic rings. The van der Waals surface area contributed by atoms with Crippen LogP contribution in [0.4, 0.5) is 0 Å². The maximum absolute atomic E-state index is 8.96. The van der Waals surface area contributed by atoms with Crippen molar-refractivity contribution in [2.75, 3.05) is 40.1 Å². The fourth-order valence-corrected chi connectivity index (χ4v) is 1.94. The third-order valence-electron chi connectivity index (χ3n) is 3.10. The molecule has 0 aromatic rings. The fourth-order valence-electron chi connectivity index (χ4n) is 1.94. The number of hydrogen-bond donors (Lipinski definition) is 2. The van der Waals surface area contributed by atoms with Crippen molar-refractivity contribution in [3.05, 3.63) is 0 Å². The summed E-state index contributed by atoms with van der Waals surface area (Å²) in [4.78, 5) is 0. The molecule has 0 aliphatic carbocycles. The van der Waals surface area contributed by atoms with Crippen molar-refractivity contribution >= 4 is 0 Å². The largest absolute Gasteiger partial charge is 0.395 e. The first kappa shape index (κ1) is 12.9. The molecule has 1 unspecified atom stereocenters. The molecule has 1 heterocycles. The Morgan fingerprint density at radius 3 is 2.67 bits per heavy atom. The Morgan fingerprint density at radius 1 is 1.47 bits per heavy atom. The average molecular weight is 217 g/mol. The molecule has 0 radical (unpaired) electrons. The van der Waals surface area contributed by atoms with Crippen LogP contribution in [-0.2, 0) is 9.47 Å². The lowest BCUT2D eigenvalue weighted by Crippen LogP contribution is -2.45. The second-order valence-corrected chi connectivity index (χ2v) is 4.51. The third kappa shape index (κ3) is 4.07. The van der Waals surface area contributed by atoms with Crippen LogP contribution >= 0.6 is 0 Å². The van der Waals surface area contributed by atoms with Crippen LogP contribution in [-0.4, -0.2) is 51.2 Å². The van der Waals surface area contributed by atoms with Gasteiger partial charge in [0.1, 0.15) is 0 Å². The Labute approximate surface area is 92.0 Å². The van der Waals surface area contributed by atoms with Crippen molar-refractivity contribution in [1.29, 1.82) is 0 Å². The summed E-state index contributed by atoms with van der Waals surface area (Å²) in [7, 11) is 1.74. The van der Waals surface area contributed by atoms with Crippen molar-refractivity contribution in [1.82, 2.24) is 5.32 Å². The number of nitrogens with one attached hydrogen (secondary N) is 1. The van der Waals surface area contributed by atoms with Gasteiger partial charge in [0.15, 0.2) is 0 Å².